The molecule has 3 N–H and O–H groups in total. The van der Waals surface area contributed by atoms with E-state index in [1.54, 1.807) is 16.8 Å². The number of Topliss-reactive ketones (excluding diaryl/α,β-unsaturated/α-hetero) is 1. The van der Waals surface area contributed by atoms with Crippen molar-refractivity contribution in [1.29, 1.82) is 0 Å². The maximum atomic E-state index is 14.2. The van der Waals surface area contributed by atoms with E-state index < -0.39 is 29.3 Å². The van der Waals surface area contributed by atoms with Gasteiger partial charge in [0, 0.05) is 41.4 Å². The second-order valence-corrected chi connectivity index (χ2v) is 10.1. The lowest BCUT2D eigenvalue weighted by atomic mass is 9.86. The van der Waals surface area contributed by atoms with E-state index in [0.29, 0.717) is 40.8 Å². The number of hydrogen-bond donors (Lipinski definition) is 2. The summed E-state index contributed by atoms with van der Waals surface area (Å²) in [6.45, 7) is -0.0663. The predicted molar refractivity (Wildman–Crippen MR) is 142 cm³/mol. The molecule has 1 amide bonds. The van der Waals surface area contributed by atoms with Crippen molar-refractivity contribution in [3.05, 3.63) is 111 Å². The van der Waals surface area contributed by atoms with Crippen LogP contribution >= 0.6 is 0 Å². The van der Waals surface area contributed by atoms with Gasteiger partial charge in [-0.3, -0.25) is 29.1 Å². The smallest absolute Gasteiger partial charge is 0.267 e. The lowest BCUT2D eigenvalue weighted by Gasteiger charge is -2.21. The number of H-pyrrole nitrogens is 1. The predicted octanol–water partition coefficient (Wildman–Crippen LogP) is 4.62. The first-order chi connectivity index (χ1) is 19.2. The molecule has 206 valence electrons. The van der Waals surface area contributed by atoms with Crippen LogP contribution in [-0.2, 0) is 30.6 Å². The SMILES string of the molecule is NC(=O)c1cc(-c2cccnc2[C@@H](CC(=O)Cn2[nH]c(=O)c3c2CCCC3)Cc2cc(F)cc(F)c2)ccc1F. The normalized spacial score (nSPS) is 13.6. The van der Waals surface area contributed by atoms with Gasteiger partial charge in [-0.15, -0.1) is 0 Å². The number of halogens is 3. The molecule has 7 nitrogen and oxygen atoms in total. The number of hydrogen-bond acceptors (Lipinski definition) is 4. The molecule has 0 spiro atoms. The Kier molecular flexibility index (Phi) is 7.68. The van der Waals surface area contributed by atoms with Crippen molar-refractivity contribution >= 4 is 11.7 Å². The van der Waals surface area contributed by atoms with Crippen LogP contribution in [0.25, 0.3) is 11.1 Å². The van der Waals surface area contributed by atoms with Gasteiger partial charge in [0.15, 0.2) is 5.78 Å². The largest absolute Gasteiger partial charge is 0.366 e. The number of pyridine rings is 1. The number of nitrogens with zero attached hydrogens (tertiary/aromatic N) is 2. The van der Waals surface area contributed by atoms with Gasteiger partial charge < -0.3 is 5.73 Å². The fourth-order valence-corrected chi connectivity index (χ4v) is 5.49. The van der Waals surface area contributed by atoms with Crippen LogP contribution in [0.5, 0.6) is 0 Å². The van der Waals surface area contributed by atoms with Crippen LogP contribution < -0.4 is 11.3 Å². The van der Waals surface area contributed by atoms with Crippen LogP contribution in [-0.4, -0.2) is 26.5 Å². The molecule has 40 heavy (non-hydrogen) atoms. The number of rotatable bonds is 9. The average Bonchev–Trinajstić information content (AvgIpc) is 3.23. The van der Waals surface area contributed by atoms with Crippen molar-refractivity contribution in [2.75, 3.05) is 0 Å². The van der Waals surface area contributed by atoms with Gasteiger partial charge in [-0.1, -0.05) is 12.1 Å². The summed E-state index contributed by atoms with van der Waals surface area (Å²) < 4.78 is 43.9. The molecule has 0 saturated heterocycles. The number of ketones is 1. The maximum Gasteiger partial charge on any atom is 0.267 e. The molecule has 4 aromatic rings. The van der Waals surface area contributed by atoms with Crippen molar-refractivity contribution in [1.82, 2.24) is 14.8 Å². The highest BCUT2D eigenvalue weighted by molar-refractivity contribution is 5.94. The second kappa shape index (κ2) is 11.3. The number of fused-ring (bicyclic) bond motifs is 1. The highest BCUT2D eigenvalue weighted by Crippen LogP contribution is 2.33. The lowest BCUT2D eigenvalue weighted by Crippen LogP contribution is -2.20. The molecule has 2 aromatic carbocycles. The highest BCUT2D eigenvalue weighted by atomic mass is 19.1. The Morgan fingerprint density at radius 1 is 1.02 bits per heavy atom. The van der Waals surface area contributed by atoms with Gasteiger partial charge in [0.1, 0.15) is 17.5 Å². The minimum atomic E-state index is -0.934. The van der Waals surface area contributed by atoms with E-state index in [4.69, 9.17) is 5.73 Å². The number of carbonyl (C=O) groups excluding carboxylic acids is 2. The number of aromatic nitrogens is 3. The molecule has 1 aliphatic rings. The molecule has 1 aliphatic carbocycles. The summed E-state index contributed by atoms with van der Waals surface area (Å²) in [4.78, 5) is 42.1. The monoisotopic (exact) mass is 548 g/mol. The zero-order chi connectivity index (χ0) is 28.4. The van der Waals surface area contributed by atoms with Crippen LogP contribution in [0.2, 0.25) is 0 Å². The van der Waals surface area contributed by atoms with Gasteiger partial charge >= 0.3 is 0 Å². The van der Waals surface area contributed by atoms with E-state index in [9.17, 15) is 27.6 Å². The van der Waals surface area contributed by atoms with Gasteiger partial charge in [0.2, 0.25) is 0 Å². The van der Waals surface area contributed by atoms with Crippen LogP contribution in [0, 0.1) is 17.5 Å². The molecule has 0 bridgehead atoms. The number of amides is 1. The Hall–Kier alpha value is -4.47. The molecular weight excluding hydrogens is 521 g/mol. The first kappa shape index (κ1) is 27.1. The number of aromatic amines is 1. The zero-order valence-electron chi connectivity index (χ0n) is 21.6. The zero-order valence-corrected chi connectivity index (χ0v) is 21.6. The summed E-state index contributed by atoms with van der Waals surface area (Å²) in [7, 11) is 0. The molecule has 0 aliphatic heterocycles. The number of nitrogens with two attached hydrogens (primary N) is 1. The molecule has 0 unspecified atom stereocenters. The van der Waals surface area contributed by atoms with Crippen LogP contribution in [0.1, 0.15) is 58.1 Å². The number of benzene rings is 2. The van der Waals surface area contributed by atoms with Crippen LogP contribution in [0.3, 0.4) is 0 Å². The summed E-state index contributed by atoms with van der Waals surface area (Å²) in [5.74, 6) is -4.05. The van der Waals surface area contributed by atoms with E-state index in [1.807, 2.05) is 0 Å². The first-order valence-corrected chi connectivity index (χ1v) is 13.0. The van der Waals surface area contributed by atoms with Crippen molar-refractivity contribution in [2.45, 2.75) is 51.0 Å². The molecule has 5 rings (SSSR count). The number of nitrogens with one attached hydrogen (secondary N) is 1. The van der Waals surface area contributed by atoms with Crippen molar-refractivity contribution in [3.63, 3.8) is 0 Å². The average molecular weight is 549 g/mol. The minimum Gasteiger partial charge on any atom is -0.366 e. The van der Waals surface area contributed by atoms with E-state index in [2.05, 4.69) is 10.1 Å². The van der Waals surface area contributed by atoms with Crippen molar-refractivity contribution in [2.24, 2.45) is 5.73 Å². The van der Waals surface area contributed by atoms with E-state index >= 15 is 0 Å². The Bertz CT molecular complexity index is 1640. The van der Waals surface area contributed by atoms with E-state index in [1.165, 1.54) is 30.5 Å². The Morgan fingerprint density at radius 3 is 2.52 bits per heavy atom. The fraction of sp³-hybridized carbons (Fsp3) is 0.267. The maximum absolute atomic E-state index is 14.2. The molecule has 0 fully saturated rings. The minimum absolute atomic E-state index is 0.0546. The molecule has 2 heterocycles. The lowest BCUT2D eigenvalue weighted by molar-refractivity contribution is -0.120. The van der Waals surface area contributed by atoms with Crippen molar-refractivity contribution in [3.8, 4) is 11.1 Å². The second-order valence-electron chi connectivity index (χ2n) is 10.1. The summed E-state index contributed by atoms with van der Waals surface area (Å²) in [6, 6.07) is 10.5. The van der Waals surface area contributed by atoms with Gasteiger partial charge in [-0.25, -0.2) is 13.2 Å². The Morgan fingerprint density at radius 2 is 1.77 bits per heavy atom. The highest BCUT2D eigenvalue weighted by Gasteiger charge is 2.25. The van der Waals surface area contributed by atoms with Crippen LogP contribution in [0.15, 0.2) is 59.5 Å². The Labute approximate surface area is 227 Å². The van der Waals surface area contributed by atoms with E-state index in [-0.39, 0.29) is 36.3 Å². The topological polar surface area (TPSA) is 111 Å². The molecular formula is C30H27F3N4O3. The Balaban J connectivity index is 1.52. The molecule has 2 aromatic heterocycles. The molecule has 10 heteroatoms. The van der Waals surface area contributed by atoms with Gasteiger partial charge in [0.05, 0.1) is 17.8 Å². The van der Waals surface area contributed by atoms with E-state index in [0.717, 1.165) is 30.7 Å². The standard InChI is InChI=1S/C30H27F3N4O3/c31-20-11-17(12-21(32)15-20)10-19(13-22(38)16-37-27-6-2-1-4-24(27)30(40)36-37)28-23(5-3-9-35-28)18-7-8-26(33)25(14-18)29(34)39/h3,5,7-9,11-12,14-15,19H,1-2,4,6,10,13,16H2,(H2,34,39)(H,36,40)/t19-/m1/s1. The van der Waals surface area contributed by atoms with Crippen LogP contribution in [0.4, 0.5) is 13.2 Å². The van der Waals surface area contributed by atoms with Gasteiger partial charge in [0.25, 0.3) is 11.5 Å². The van der Waals surface area contributed by atoms with Crippen molar-refractivity contribution < 1.29 is 22.8 Å². The summed E-state index contributed by atoms with van der Waals surface area (Å²) in [5, 5.41) is 2.77. The summed E-state index contributed by atoms with van der Waals surface area (Å²) in [6.07, 6.45) is 4.76. The summed E-state index contributed by atoms with van der Waals surface area (Å²) in [5.41, 5.74) is 8.12. The number of carbonyl (C=O) groups is 2. The van der Waals surface area contributed by atoms with Gasteiger partial charge in [-0.05, 0) is 73.6 Å². The summed E-state index contributed by atoms with van der Waals surface area (Å²) >= 11 is 0. The number of primary amides is 1. The third-order valence-electron chi connectivity index (χ3n) is 7.26. The third kappa shape index (κ3) is 5.75. The third-order valence-corrected chi connectivity index (χ3v) is 7.26. The molecule has 0 radical (unpaired) electrons. The quantitative estimate of drug-likeness (QED) is 0.318. The molecule has 1 atom stereocenters. The first-order valence-electron chi connectivity index (χ1n) is 13.0. The van der Waals surface area contributed by atoms with Gasteiger partial charge in [-0.2, -0.15) is 0 Å². The fourth-order valence-electron chi connectivity index (χ4n) is 5.49. The molecule has 0 saturated carbocycles.